The van der Waals surface area contributed by atoms with Crippen molar-refractivity contribution in [1.82, 2.24) is 5.32 Å². The number of rotatable bonds is 5. The van der Waals surface area contributed by atoms with Crippen LogP contribution in [-0.2, 0) is 16.0 Å². The van der Waals surface area contributed by atoms with Crippen LogP contribution < -0.4 is 11.1 Å². The van der Waals surface area contributed by atoms with E-state index < -0.39 is 12.1 Å². The Morgan fingerprint density at radius 1 is 1.58 bits per heavy atom. The zero-order chi connectivity index (χ0) is 13.8. The average Bonchev–Trinajstić information content (AvgIpc) is 2.72. The van der Waals surface area contributed by atoms with Gasteiger partial charge in [0.05, 0.1) is 18.2 Å². The Hall–Kier alpha value is -1.43. The highest BCUT2D eigenvalue weighted by molar-refractivity contribution is 5.82. The largest absolute Gasteiger partial charge is 0.390 e. The van der Waals surface area contributed by atoms with E-state index in [4.69, 9.17) is 10.5 Å². The van der Waals surface area contributed by atoms with Gasteiger partial charge in [-0.05, 0) is 17.5 Å². The molecule has 1 aromatic carbocycles. The Balaban J connectivity index is 2.01. The zero-order valence-electron chi connectivity index (χ0n) is 11.0. The maximum Gasteiger partial charge on any atom is 0.237 e. The molecule has 4 N–H and O–H groups in total. The summed E-state index contributed by atoms with van der Waals surface area (Å²) in [6.45, 7) is 0.443. The molecule has 1 unspecified atom stereocenters. The van der Waals surface area contributed by atoms with E-state index in [9.17, 15) is 9.90 Å². The summed E-state index contributed by atoms with van der Waals surface area (Å²) < 4.78 is 4.90. The fraction of sp³-hybridized carbons (Fsp3) is 0.500. The standard InChI is InChI=1S/C14H20N2O3/c1-19-7-6-11(15)14(18)16-13-10-5-3-2-4-9(10)8-12(13)17/h2-5,11-13,17H,6-8,15H2,1H3,(H,16,18)/t11?,12-,13+/m0/s1. The normalized spacial score (nSPS) is 22.9. The lowest BCUT2D eigenvalue weighted by molar-refractivity contribution is -0.124. The van der Waals surface area contributed by atoms with Gasteiger partial charge >= 0.3 is 0 Å². The predicted octanol–water partition coefficient (Wildman–Crippen LogP) is 0.125. The lowest BCUT2D eigenvalue weighted by Crippen LogP contribution is -2.44. The van der Waals surface area contributed by atoms with Crippen molar-refractivity contribution in [2.75, 3.05) is 13.7 Å². The van der Waals surface area contributed by atoms with Gasteiger partial charge in [-0.3, -0.25) is 4.79 Å². The highest BCUT2D eigenvalue weighted by Gasteiger charge is 2.32. The van der Waals surface area contributed by atoms with Gasteiger partial charge in [0.2, 0.25) is 5.91 Å². The highest BCUT2D eigenvalue weighted by atomic mass is 16.5. The van der Waals surface area contributed by atoms with Gasteiger partial charge < -0.3 is 20.9 Å². The number of hydrogen-bond acceptors (Lipinski definition) is 4. The Bertz CT molecular complexity index is 450. The summed E-state index contributed by atoms with van der Waals surface area (Å²) in [7, 11) is 1.57. The SMILES string of the molecule is COCCC(N)C(=O)N[C@@H]1c2ccccc2C[C@@H]1O. The van der Waals surface area contributed by atoms with Crippen LogP contribution in [0.15, 0.2) is 24.3 Å². The molecule has 5 heteroatoms. The number of carbonyl (C=O) groups is 1. The molecule has 1 aromatic rings. The summed E-state index contributed by atoms with van der Waals surface area (Å²) >= 11 is 0. The minimum Gasteiger partial charge on any atom is -0.390 e. The van der Waals surface area contributed by atoms with Gasteiger partial charge in [-0.25, -0.2) is 0 Å². The van der Waals surface area contributed by atoms with Crippen LogP contribution in [-0.4, -0.2) is 36.9 Å². The predicted molar refractivity (Wildman–Crippen MR) is 71.5 cm³/mol. The number of nitrogens with two attached hydrogens (primary N) is 1. The lowest BCUT2D eigenvalue weighted by Gasteiger charge is -2.20. The summed E-state index contributed by atoms with van der Waals surface area (Å²) in [5.74, 6) is -0.252. The van der Waals surface area contributed by atoms with Crippen LogP contribution in [0.3, 0.4) is 0 Å². The molecule has 0 radical (unpaired) electrons. The second kappa shape index (κ2) is 6.14. The van der Waals surface area contributed by atoms with Crippen molar-refractivity contribution in [1.29, 1.82) is 0 Å². The van der Waals surface area contributed by atoms with Crippen LogP contribution >= 0.6 is 0 Å². The number of amides is 1. The van der Waals surface area contributed by atoms with E-state index in [1.165, 1.54) is 0 Å². The van der Waals surface area contributed by atoms with E-state index in [1.807, 2.05) is 24.3 Å². The quantitative estimate of drug-likeness (QED) is 0.705. The van der Waals surface area contributed by atoms with Crippen molar-refractivity contribution < 1.29 is 14.6 Å². The maximum atomic E-state index is 12.0. The molecule has 1 amide bonds. The van der Waals surface area contributed by atoms with E-state index in [2.05, 4.69) is 5.32 Å². The van der Waals surface area contributed by atoms with Gasteiger partial charge in [0.1, 0.15) is 0 Å². The number of fused-ring (bicyclic) bond motifs is 1. The first-order valence-corrected chi connectivity index (χ1v) is 6.44. The number of aliphatic hydroxyl groups is 1. The number of aliphatic hydroxyl groups excluding tert-OH is 1. The van der Waals surface area contributed by atoms with Gasteiger partial charge in [0.25, 0.3) is 0 Å². The van der Waals surface area contributed by atoms with Gasteiger partial charge in [0.15, 0.2) is 0 Å². The minimum atomic E-state index is -0.611. The molecule has 1 aliphatic carbocycles. The molecule has 104 valence electrons. The second-order valence-corrected chi connectivity index (χ2v) is 4.84. The molecule has 0 bridgehead atoms. The summed E-state index contributed by atoms with van der Waals surface area (Å²) in [5.41, 5.74) is 7.82. The first kappa shape index (κ1) is 14.0. The number of benzene rings is 1. The Kier molecular flexibility index (Phi) is 4.52. The molecule has 0 saturated carbocycles. The fourth-order valence-corrected chi connectivity index (χ4v) is 2.38. The molecule has 0 aliphatic heterocycles. The monoisotopic (exact) mass is 264 g/mol. The average molecular weight is 264 g/mol. The van der Waals surface area contributed by atoms with Gasteiger partial charge in [0, 0.05) is 20.1 Å². The Morgan fingerprint density at radius 3 is 3.05 bits per heavy atom. The van der Waals surface area contributed by atoms with Crippen molar-refractivity contribution in [3.63, 3.8) is 0 Å². The third kappa shape index (κ3) is 3.12. The number of nitrogens with one attached hydrogen (secondary N) is 1. The first-order valence-electron chi connectivity index (χ1n) is 6.44. The van der Waals surface area contributed by atoms with Crippen molar-refractivity contribution in [3.8, 4) is 0 Å². The third-order valence-corrected chi connectivity index (χ3v) is 3.47. The van der Waals surface area contributed by atoms with Crippen LogP contribution in [0, 0.1) is 0 Å². The molecule has 1 aliphatic rings. The van der Waals surface area contributed by atoms with Crippen LogP contribution in [0.1, 0.15) is 23.6 Å². The molecule has 0 saturated heterocycles. The minimum absolute atomic E-state index is 0.252. The third-order valence-electron chi connectivity index (χ3n) is 3.47. The van der Waals surface area contributed by atoms with Crippen LogP contribution in [0.5, 0.6) is 0 Å². The van der Waals surface area contributed by atoms with Crippen LogP contribution in [0.4, 0.5) is 0 Å². The summed E-state index contributed by atoms with van der Waals surface area (Å²) in [5, 5.41) is 12.9. The molecule has 3 atom stereocenters. The van der Waals surface area contributed by atoms with E-state index in [-0.39, 0.29) is 11.9 Å². The van der Waals surface area contributed by atoms with Crippen molar-refractivity contribution in [2.24, 2.45) is 5.73 Å². The van der Waals surface area contributed by atoms with Crippen LogP contribution in [0.25, 0.3) is 0 Å². The van der Waals surface area contributed by atoms with E-state index in [1.54, 1.807) is 7.11 Å². The van der Waals surface area contributed by atoms with Gasteiger partial charge in [-0.2, -0.15) is 0 Å². The molecular formula is C14H20N2O3. The number of methoxy groups -OCH3 is 1. The van der Waals surface area contributed by atoms with E-state index >= 15 is 0 Å². The Morgan fingerprint density at radius 2 is 2.32 bits per heavy atom. The summed E-state index contributed by atoms with van der Waals surface area (Å²) in [6.07, 6.45) is 0.442. The number of ether oxygens (including phenoxy) is 1. The first-order chi connectivity index (χ1) is 9.13. The molecule has 0 spiro atoms. The summed E-state index contributed by atoms with van der Waals surface area (Å²) in [4.78, 5) is 12.0. The molecular weight excluding hydrogens is 244 g/mol. The highest BCUT2D eigenvalue weighted by Crippen LogP contribution is 2.31. The van der Waals surface area contributed by atoms with Gasteiger partial charge in [-0.15, -0.1) is 0 Å². The topological polar surface area (TPSA) is 84.6 Å². The van der Waals surface area contributed by atoms with Crippen molar-refractivity contribution in [3.05, 3.63) is 35.4 Å². The molecule has 0 aromatic heterocycles. The number of hydrogen-bond donors (Lipinski definition) is 3. The van der Waals surface area contributed by atoms with Gasteiger partial charge in [-0.1, -0.05) is 24.3 Å². The van der Waals surface area contributed by atoms with Crippen LogP contribution in [0.2, 0.25) is 0 Å². The van der Waals surface area contributed by atoms with E-state index in [0.29, 0.717) is 19.4 Å². The fourth-order valence-electron chi connectivity index (χ4n) is 2.38. The Labute approximate surface area is 112 Å². The van der Waals surface area contributed by atoms with Crippen molar-refractivity contribution in [2.45, 2.75) is 31.0 Å². The molecule has 5 nitrogen and oxygen atoms in total. The molecule has 2 rings (SSSR count). The van der Waals surface area contributed by atoms with E-state index in [0.717, 1.165) is 11.1 Å². The van der Waals surface area contributed by atoms with Crippen molar-refractivity contribution >= 4 is 5.91 Å². The second-order valence-electron chi connectivity index (χ2n) is 4.84. The molecule has 19 heavy (non-hydrogen) atoms. The molecule has 0 heterocycles. The summed E-state index contributed by atoms with van der Waals surface area (Å²) in [6, 6.07) is 6.76. The lowest BCUT2D eigenvalue weighted by atomic mass is 10.1. The molecule has 0 fully saturated rings. The smallest absolute Gasteiger partial charge is 0.237 e. The maximum absolute atomic E-state index is 12.0. The number of carbonyl (C=O) groups excluding carboxylic acids is 1. The zero-order valence-corrected chi connectivity index (χ0v) is 11.0.